The minimum atomic E-state index is -0.586. The summed E-state index contributed by atoms with van der Waals surface area (Å²) < 4.78 is 18.2. The van der Waals surface area contributed by atoms with Crippen molar-refractivity contribution in [1.82, 2.24) is 9.80 Å². The lowest BCUT2D eigenvalue weighted by Gasteiger charge is -2.27. The molecule has 4 heteroatoms. The number of rotatable bonds is 3. The number of methoxy groups -OCH3 is 1. The van der Waals surface area contributed by atoms with Gasteiger partial charge in [0.15, 0.2) is 0 Å². The van der Waals surface area contributed by atoms with Gasteiger partial charge < -0.3 is 14.5 Å². The molecule has 2 heterocycles. The van der Waals surface area contributed by atoms with E-state index in [0.29, 0.717) is 36.6 Å². The maximum atomic E-state index is 12.7. The number of hydrogen-bond acceptors (Lipinski definition) is 3. The van der Waals surface area contributed by atoms with Crippen molar-refractivity contribution in [2.75, 3.05) is 34.3 Å². The Kier molecular flexibility index (Phi) is 16.1. The van der Waals surface area contributed by atoms with Crippen molar-refractivity contribution in [2.45, 2.75) is 92.6 Å². The fourth-order valence-electron chi connectivity index (χ4n) is 3.88. The average Bonchev–Trinajstić information content (AvgIpc) is 3.13. The zero-order valence-electron chi connectivity index (χ0n) is 19.0. The quantitative estimate of drug-likeness (QED) is 0.695. The third kappa shape index (κ3) is 9.35. The summed E-state index contributed by atoms with van der Waals surface area (Å²) in [6, 6.07) is 1.09. The number of halogens is 1. The van der Waals surface area contributed by atoms with Crippen LogP contribution >= 0.6 is 0 Å². The molecule has 154 valence electrons. The first-order valence-electron chi connectivity index (χ1n) is 10.3. The van der Waals surface area contributed by atoms with Gasteiger partial charge in [0, 0.05) is 32.3 Å². The summed E-state index contributed by atoms with van der Waals surface area (Å²) in [6.07, 6.45) is 1.79. The molecule has 0 aromatic rings. The van der Waals surface area contributed by atoms with Gasteiger partial charge in [0.2, 0.25) is 0 Å². The van der Waals surface area contributed by atoms with E-state index in [-0.39, 0.29) is 0 Å². The van der Waals surface area contributed by atoms with Crippen LogP contribution in [0.15, 0.2) is 0 Å². The van der Waals surface area contributed by atoms with E-state index < -0.39 is 6.17 Å². The van der Waals surface area contributed by atoms with Crippen molar-refractivity contribution < 1.29 is 9.13 Å². The fourth-order valence-corrected chi connectivity index (χ4v) is 3.88. The van der Waals surface area contributed by atoms with Crippen molar-refractivity contribution >= 4 is 0 Å². The largest absolute Gasteiger partial charge is 0.380 e. The fraction of sp³-hybridized carbons (Fsp3) is 1.00. The normalized spacial score (nSPS) is 29.5. The van der Waals surface area contributed by atoms with Gasteiger partial charge in [-0.15, -0.1) is 0 Å². The molecule has 25 heavy (non-hydrogen) atoms. The maximum absolute atomic E-state index is 12.7. The van der Waals surface area contributed by atoms with Crippen LogP contribution < -0.4 is 0 Å². The molecule has 2 aliphatic heterocycles. The molecule has 0 aromatic heterocycles. The second-order valence-electron chi connectivity index (χ2n) is 7.36. The molecule has 0 aromatic carbocycles. The molecule has 0 saturated carbocycles. The molecule has 2 saturated heterocycles. The van der Waals surface area contributed by atoms with E-state index in [9.17, 15) is 4.39 Å². The smallest absolute Gasteiger partial charge is 0.114 e. The summed E-state index contributed by atoms with van der Waals surface area (Å²) in [7, 11) is 6.01. The third-order valence-electron chi connectivity index (χ3n) is 4.96. The molecule has 0 radical (unpaired) electrons. The Morgan fingerprint density at radius 1 is 0.920 bits per heavy atom. The third-order valence-corrected chi connectivity index (χ3v) is 4.96. The lowest BCUT2D eigenvalue weighted by molar-refractivity contribution is 0.0531. The van der Waals surface area contributed by atoms with Crippen LogP contribution in [-0.4, -0.2) is 68.5 Å². The van der Waals surface area contributed by atoms with Crippen molar-refractivity contribution in [3.05, 3.63) is 0 Å². The molecule has 4 unspecified atom stereocenters. The van der Waals surface area contributed by atoms with Gasteiger partial charge in [-0.05, 0) is 38.8 Å². The molecular weight excluding hydrogens is 315 g/mol. The molecule has 3 nitrogen and oxygen atoms in total. The van der Waals surface area contributed by atoms with E-state index in [1.807, 2.05) is 41.9 Å². The van der Waals surface area contributed by atoms with Crippen LogP contribution in [0.5, 0.6) is 0 Å². The highest BCUT2D eigenvalue weighted by Crippen LogP contribution is 2.24. The monoisotopic (exact) mass is 362 g/mol. The van der Waals surface area contributed by atoms with Crippen LogP contribution in [0.25, 0.3) is 0 Å². The van der Waals surface area contributed by atoms with Gasteiger partial charge in [0.05, 0.1) is 6.10 Å². The Labute approximate surface area is 158 Å². The zero-order valence-corrected chi connectivity index (χ0v) is 19.0. The molecule has 0 amide bonds. The van der Waals surface area contributed by atoms with Gasteiger partial charge in [-0.25, -0.2) is 4.39 Å². The second kappa shape index (κ2) is 14.9. The summed E-state index contributed by atoms with van der Waals surface area (Å²) in [6.45, 7) is 18.6. The highest BCUT2D eigenvalue weighted by atomic mass is 19.1. The first-order valence-corrected chi connectivity index (χ1v) is 10.3. The Balaban J connectivity index is 0. The molecule has 0 aliphatic carbocycles. The van der Waals surface area contributed by atoms with E-state index in [4.69, 9.17) is 4.74 Å². The minimum Gasteiger partial charge on any atom is -0.380 e. The molecule has 0 spiro atoms. The highest BCUT2D eigenvalue weighted by Gasteiger charge is 2.33. The van der Waals surface area contributed by atoms with Gasteiger partial charge in [-0.2, -0.15) is 0 Å². The van der Waals surface area contributed by atoms with E-state index in [0.717, 1.165) is 6.42 Å². The van der Waals surface area contributed by atoms with Crippen LogP contribution in [0.1, 0.15) is 68.2 Å². The van der Waals surface area contributed by atoms with Gasteiger partial charge in [-0.3, -0.25) is 0 Å². The van der Waals surface area contributed by atoms with Crippen molar-refractivity contribution in [2.24, 2.45) is 11.8 Å². The molecular formula is C21H47FN2O. The van der Waals surface area contributed by atoms with Crippen molar-refractivity contribution in [1.29, 1.82) is 0 Å². The van der Waals surface area contributed by atoms with E-state index in [1.54, 1.807) is 0 Å². The highest BCUT2D eigenvalue weighted by molar-refractivity contribution is 4.87. The van der Waals surface area contributed by atoms with Crippen LogP contribution in [0.2, 0.25) is 0 Å². The van der Waals surface area contributed by atoms with Crippen molar-refractivity contribution in [3.8, 4) is 0 Å². The second-order valence-corrected chi connectivity index (χ2v) is 7.36. The first kappa shape index (κ1) is 27.0. The lowest BCUT2D eigenvalue weighted by atomic mass is 10.00. The summed E-state index contributed by atoms with van der Waals surface area (Å²) in [5.74, 6) is 1.29. The SMILES string of the molecule is CC.CC.CC(C)C1CC(F)CN1C.COC1CCN(C)C1C(C)C. The van der Waals surface area contributed by atoms with E-state index in [1.165, 1.54) is 13.0 Å². The molecule has 2 aliphatic rings. The van der Waals surface area contributed by atoms with Gasteiger partial charge in [0.25, 0.3) is 0 Å². The lowest BCUT2D eigenvalue weighted by Crippen LogP contribution is -2.37. The predicted octanol–water partition coefficient (Wildman–Crippen LogP) is 5.10. The number of alkyl halides is 1. The number of nitrogens with zero attached hydrogens (tertiary/aromatic N) is 2. The molecule has 4 atom stereocenters. The zero-order chi connectivity index (χ0) is 20.2. The standard InChI is InChI=1S/C9H19NO.C8H16FN.2C2H6/c1-7(2)9-8(11-4)5-6-10(9)3;1-6(2)8-4-7(9)5-10(8)3;2*1-2/h7-9H,5-6H2,1-4H3;6-8H,4-5H2,1-3H3;2*1-2H3. The van der Waals surface area contributed by atoms with Gasteiger partial charge >= 0.3 is 0 Å². The van der Waals surface area contributed by atoms with Crippen LogP contribution in [0, 0.1) is 11.8 Å². The summed E-state index contributed by atoms with van der Waals surface area (Å²) in [4.78, 5) is 4.52. The first-order chi connectivity index (χ1) is 11.8. The average molecular weight is 363 g/mol. The van der Waals surface area contributed by atoms with Gasteiger partial charge in [0.1, 0.15) is 6.17 Å². The summed E-state index contributed by atoms with van der Waals surface area (Å²) in [5, 5.41) is 0. The van der Waals surface area contributed by atoms with Gasteiger partial charge in [-0.1, -0.05) is 55.4 Å². The maximum Gasteiger partial charge on any atom is 0.114 e. The molecule has 0 bridgehead atoms. The number of likely N-dealkylation sites (tertiary alicyclic amines) is 2. The number of likely N-dealkylation sites (N-methyl/N-ethyl adjacent to an activating group) is 1. The summed E-state index contributed by atoms with van der Waals surface area (Å²) in [5.41, 5.74) is 0. The molecule has 0 N–H and O–H groups in total. The van der Waals surface area contributed by atoms with Crippen molar-refractivity contribution in [3.63, 3.8) is 0 Å². The number of ether oxygens (including phenoxy) is 1. The Bertz CT molecular complexity index is 300. The van der Waals surface area contributed by atoms with Crippen LogP contribution in [0.4, 0.5) is 4.39 Å². The van der Waals surface area contributed by atoms with Crippen LogP contribution in [0.3, 0.4) is 0 Å². The van der Waals surface area contributed by atoms with E-state index >= 15 is 0 Å². The molecule has 2 rings (SSSR count). The van der Waals surface area contributed by atoms with Crippen LogP contribution in [-0.2, 0) is 4.74 Å². The Morgan fingerprint density at radius 3 is 1.68 bits per heavy atom. The van der Waals surface area contributed by atoms with E-state index in [2.05, 4.69) is 44.5 Å². The Morgan fingerprint density at radius 2 is 1.44 bits per heavy atom. The number of hydrogen-bond donors (Lipinski definition) is 0. The topological polar surface area (TPSA) is 15.7 Å². The Hall–Kier alpha value is -0.190. The minimum absolute atomic E-state index is 0.458. The predicted molar refractivity (Wildman–Crippen MR) is 110 cm³/mol. The summed E-state index contributed by atoms with van der Waals surface area (Å²) >= 11 is 0. The molecule has 2 fully saturated rings.